The van der Waals surface area contributed by atoms with Gasteiger partial charge in [0, 0.05) is 6.92 Å². The molecule has 5 nitrogen and oxygen atoms in total. The Balaban J connectivity index is 3.68. The predicted molar refractivity (Wildman–Crippen MR) is 102 cm³/mol. The molecule has 148 valence electrons. The summed E-state index contributed by atoms with van der Waals surface area (Å²) in [5, 5.41) is 31.4. The van der Waals surface area contributed by atoms with Crippen LogP contribution in [-0.2, 0) is 4.79 Å². The number of hydrogen-bond acceptors (Lipinski definition) is 4. The van der Waals surface area contributed by atoms with Crippen molar-refractivity contribution in [3.63, 3.8) is 0 Å². The van der Waals surface area contributed by atoms with Gasteiger partial charge >= 0.3 is 0 Å². The van der Waals surface area contributed by atoms with Crippen LogP contribution in [0.5, 0.6) is 0 Å². The van der Waals surface area contributed by atoms with Crippen molar-refractivity contribution < 1.29 is 20.1 Å². The van der Waals surface area contributed by atoms with Crippen LogP contribution in [-0.4, -0.2) is 46.1 Å². The van der Waals surface area contributed by atoms with E-state index in [0.29, 0.717) is 6.42 Å². The SMILES string of the molecule is CCCCCCCCCCCCC(O)C=CC(O)C(CO)NC(C)=O. The molecule has 25 heavy (non-hydrogen) atoms. The van der Waals surface area contributed by atoms with Gasteiger partial charge in [-0.15, -0.1) is 0 Å². The van der Waals surface area contributed by atoms with E-state index in [2.05, 4.69) is 12.2 Å². The third kappa shape index (κ3) is 15.1. The summed E-state index contributed by atoms with van der Waals surface area (Å²) in [7, 11) is 0. The topological polar surface area (TPSA) is 89.8 Å². The molecule has 0 aliphatic heterocycles. The van der Waals surface area contributed by atoms with Gasteiger partial charge in [-0.25, -0.2) is 0 Å². The third-order valence-electron chi connectivity index (χ3n) is 4.38. The summed E-state index contributed by atoms with van der Waals surface area (Å²) in [5.41, 5.74) is 0. The average molecular weight is 358 g/mol. The molecule has 0 saturated heterocycles. The van der Waals surface area contributed by atoms with Crippen LogP contribution >= 0.6 is 0 Å². The molecule has 5 heteroatoms. The van der Waals surface area contributed by atoms with E-state index < -0.39 is 18.2 Å². The van der Waals surface area contributed by atoms with Crippen molar-refractivity contribution >= 4 is 5.91 Å². The Morgan fingerprint density at radius 3 is 1.92 bits per heavy atom. The number of carbonyl (C=O) groups excluding carboxylic acids is 1. The van der Waals surface area contributed by atoms with E-state index in [1.165, 1.54) is 64.4 Å². The molecular formula is C20H39NO4. The minimum Gasteiger partial charge on any atom is -0.394 e. The zero-order valence-electron chi connectivity index (χ0n) is 16.1. The van der Waals surface area contributed by atoms with Crippen LogP contribution in [0.2, 0.25) is 0 Å². The van der Waals surface area contributed by atoms with E-state index in [-0.39, 0.29) is 12.5 Å². The minimum absolute atomic E-state index is 0.308. The van der Waals surface area contributed by atoms with Crippen LogP contribution in [0.25, 0.3) is 0 Å². The Morgan fingerprint density at radius 2 is 1.44 bits per heavy atom. The second-order valence-electron chi connectivity index (χ2n) is 6.90. The predicted octanol–water partition coefficient (Wildman–Crippen LogP) is 3.07. The lowest BCUT2D eigenvalue weighted by Gasteiger charge is -2.19. The zero-order valence-corrected chi connectivity index (χ0v) is 16.1. The van der Waals surface area contributed by atoms with Crippen molar-refractivity contribution in [3.8, 4) is 0 Å². The smallest absolute Gasteiger partial charge is 0.217 e. The fourth-order valence-corrected chi connectivity index (χ4v) is 2.81. The van der Waals surface area contributed by atoms with E-state index >= 15 is 0 Å². The average Bonchev–Trinajstić information content (AvgIpc) is 2.59. The summed E-state index contributed by atoms with van der Waals surface area (Å²) in [6.45, 7) is 3.22. The highest BCUT2D eigenvalue weighted by Gasteiger charge is 2.16. The first kappa shape index (κ1) is 24.1. The number of aliphatic hydroxyl groups is 3. The molecular weight excluding hydrogens is 318 g/mol. The molecule has 0 saturated carbocycles. The summed E-state index contributed by atoms with van der Waals surface area (Å²) in [4.78, 5) is 11.0. The quantitative estimate of drug-likeness (QED) is 0.252. The zero-order chi connectivity index (χ0) is 18.9. The normalized spacial score (nSPS) is 15.2. The van der Waals surface area contributed by atoms with Crippen molar-refractivity contribution in [1.29, 1.82) is 0 Å². The highest BCUT2D eigenvalue weighted by atomic mass is 16.3. The number of aliphatic hydroxyl groups excluding tert-OH is 3. The monoisotopic (exact) mass is 357 g/mol. The van der Waals surface area contributed by atoms with Gasteiger partial charge in [-0.1, -0.05) is 83.3 Å². The van der Waals surface area contributed by atoms with E-state index in [1.54, 1.807) is 6.08 Å². The summed E-state index contributed by atoms with van der Waals surface area (Å²) >= 11 is 0. The van der Waals surface area contributed by atoms with Crippen molar-refractivity contribution in [2.24, 2.45) is 0 Å². The number of nitrogens with one attached hydrogen (secondary N) is 1. The van der Waals surface area contributed by atoms with Crippen molar-refractivity contribution in [2.45, 2.75) is 103 Å². The molecule has 0 radical (unpaired) electrons. The molecule has 3 atom stereocenters. The van der Waals surface area contributed by atoms with E-state index in [1.807, 2.05) is 0 Å². The van der Waals surface area contributed by atoms with Crippen molar-refractivity contribution in [1.82, 2.24) is 5.32 Å². The largest absolute Gasteiger partial charge is 0.394 e. The number of hydrogen-bond donors (Lipinski definition) is 4. The maximum absolute atomic E-state index is 11.0. The second kappa shape index (κ2) is 16.6. The summed E-state index contributed by atoms with van der Waals surface area (Å²) < 4.78 is 0. The maximum Gasteiger partial charge on any atom is 0.217 e. The first-order valence-electron chi connectivity index (χ1n) is 9.93. The number of rotatable bonds is 16. The molecule has 0 rings (SSSR count). The van der Waals surface area contributed by atoms with Crippen LogP contribution in [0, 0.1) is 0 Å². The summed E-state index contributed by atoms with van der Waals surface area (Å²) in [6, 6.07) is -0.738. The van der Waals surface area contributed by atoms with Gasteiger partial charge in [0.1, 0.15) is 0 Å². The fourth-order valence-electron chi connectivity index (χ4n) is 2.81. The van der Waals surface area contributed by atoms with Crippen molar-refractivity contribution in [2.75, 3.05) is 6.61 Å². The van der Waals surface area contributed by atoms with Crippen LogP contribution in [0.3, 0.4) is 0 Å². The molecule has 0 aliphatic rings. The number of amides is 1. The molecule has 1 amide bonds. The molecule has 0 bridgehead atoms. The first-order chi connectivity index (χ1) is 12.0. The molecule has 0 aromatic heterocycles. The Labute approximate surface area is 153 Å². The van der Waals surface area contributed by atoms with E-state index in [9.17, 15) is 15.0 Å². The van der Waals surface area contributed by atoms with Crippen LogP contribution < -0.4 is 5.32 Å². The Morgan fingerprint density at radius 1 is 0.920 bits per heavy atom. The Kier molecular flexibility index (Phi) is 16.0. The molecule has 0 fully saturated rings. The molecule has 0 aromatic rings. The summed E-state index contributed by atoms with van der Waals surface area (Å²) in [6.07, 6.45) is 14.6. The second-order valence-corrected chi connectivity index (χ2v) is 6.90. The van der Waals surface area contributed by atoms with Gasteiger partial charge in [0.05, 0.1) is 24.9 Å². The minimum atomic E-state index is -1.00. The number of unbranched alkanes of at least 4 members (excludes halogenated alkanes) is 9. The lowest BCUT2D eigenvalue weighted by atomic mass is 10.0. The van der Waals surface area contributed by atoms with Crippen LogP contribution in [0.4, 0.5) is 0 Å². The third-order valence-corrected chi connectivity index (χ3v) is 4.38. The van der Waals surface area contributed by atoms with Crippen LogP contribution in [0.15, 0.2) is 12.2 Å². The highest BCUT2D eigenvalue weighted by molar-refractivity contribution is 5.73. The molecule has 0 aromatic carbocycles. The van der Waals surface area contributed by atoms with Gasteiger partial charge < -0.3 is 20.6 Å². The first-order valence-corrected chi connectivity index (χ1v) is 9.93. The Bertz CT molecular complexity index is 347. The maximum atomic E-state index is 11.0. The van der Waals surface area contributed by atoms with E-state index in [4.69, 9.17) is 5.11 Å². The van der Waals surface area contributed by atoms with Crippen LogP contribution in [0.1, 0.15) is 84.5 Å². The van der Waals surface area contributed by atoms with Gasteiger partial charge in [-0.2, -0.15) is 0 Å². The lowest BCUT2D eigenvalue weighted by molar-refractivity contribution is -0.120. The van der Waals surface area contributed by atoms with Gasteiger partial charge in [0.2, 0.25) is 5.91 Å². The molecule has 0 aliphatic carbocycles. The molecule has 0 heterocycles. The fraction of sp³-hybridized carbons (Fsp3) is 0.850. The molecule has 4 N–H and O–H groups in total. The van der Waals surface area contributed by atoms with Crippen molar-refractivity contribution in [3.05, 3.63) is 12.2 Å². The van der Waals surface area contributed by atoms with Gasteiger partial charge in [0.15, 0.2) is 0 Å². The molecule has 0 spiro atoms. The van der Waals surface area contributed by atoms with E-state index in [0.717, 1.165) is 12.8 Å². The lowest BCUT2D eigenvalue weighted by Crippen LogP contribution is -2.44. The van der Waals surface area contributed by atoms with Gasteiger partial charge in [-0.05, 0) is 6.42 Å². The summed E-state index contributed by atoms with van der Waals surface area (Å²) in [5.74, 6) is -0.308. The highest BCUT2D eigenvalue weighted by Crippen LogP contribution is 2.12. The molecule has 3 unspecified atom stereocenters. The van der Waals surface area contributed by atoms with Gasteiger partial charge in [-0.3, -0.25) is 4.79 Å². The Hall–Kier alpha value is -0.910. The number of carbonyl (C=O) groups is 1. The van der Waals surface area contributed by atoms with Gasteiger partial charge in [0.25, 0.3) is 0 Å². The standard InChI is InChI=1S/C20H39NO4/c1-3-4-5-6-7-8-9-10-11-12-13-18(24)14-15-20(25)19(16-22)21-17(2)23/h14-15,18-20,22,24-25H,3-13,16H2,1-2H3,(H,21,23).